The van der Waals surface area contributed by atoms with E-state index in [4.69, 9.17) is 0 Å². The molecule has 0 heterocycles. The second-order valence-corrected chi connectivity index (χ2v) is 14.6. The molecule has 192 valence electrons. The maximum Gasteiger partial charge on any atom is 0.310 e. The molecule has 0 amide bonds. The largest absolute Gasteiger partial charge is 0.481 e. The van der Waals surface area contributed by atoms with E-state index < -0.39 is 23.6 Å². The number of fused-ring (bicyclic) bond motifs is 7. The Morgan fingerprint density at radius 1 is 0.941 bits per heavy atom. The zero-order valence-electron chi connectivity index (χ0n) is 22.5. The van der Waals surface area contributed by atoms with Crippen LogP contribution in [-0.4, -0.2) is 33.5 Å². The summed E-state index contributed by atoms with van der Waals surface area (Å²) in [6.07, 6.45) is 8.53. The van der Waals surface area contributed by atoms with Crippen molar-refractivity contribution >= 4 is 5.97 Å². The van der Waals surface area contributed by atoms with Crippen molar-refractivity contribution in [1.82, 2.24) is 0 Å². The maximum absolute atomic E-state index is 12.8. The van der Waals surface area contributed by atoms with Crippen molar-refractivity contribution in [2.45, 2.75) is 112 Å². The zero-order chi connectivity index (χ0) is 25.1. The predicted molar refractivity (Wildman–Crippen MR) is 134 cm³/mol. The van der Waals surface area contributed by atoms with E-state index in [2.05, 4.69) is 54.5 Å². The molecule has 0 radical (unpaired) electrons. The van der Waals surface area contributed by atoms with Gasteiger partial charge in [-0.2, -0.15) is 0 Å². The Labute approximate surface area is 206 Å². The lowest BCUT2D eigenvalue weighted by molar-refractivity contribution is -0.232. The summed E-state index contributed by atoms with van der Waals surface area (Å²) in [6, 6.07) is 0. The highest BCUT2D eigenvalue weighted by molar-refractivity contribution is 5.76. The summed E-state index contributed by atoms with van der Waals surface area (Å²) in [6.45, 7) is 16.3. The molecule has 0 bridgehead atoms. The standard InChI is InChI=1S/C30H48O4/c1-17-10-13-30(25(33)34)15-14-28(6)19(23(30)18(17)2)8-9-22-27(5)16-20(31)24(32)26(3,4)21(27)11-12-29(22,28)7/h8,17-18,20-24,31-32H,9-16H2,1-7H3,(H,33,34)/t17-,18+,20+,21?,22?,23?,24+,27+,28-,29-,30+/m1/s1. The van der Waals surface area contributed by atoms with Gasteiger partial charge < -0.3 is 15.3 Å². The molecule has 4 heteroatoms. The van der Waals surface area contributed by atoms with Crippen LogP contribution < -0.4 is 0 Å². The lowest BCUT2D eigenvalue weighted by Crippen LogP contribution is -2.67. The minimum absolute atomic E-state index is 0.00993. The fraction of sp³-hybridized carbons (Fsp3) is 0.900. The molecule has 4 saturated carbocycles. The second kappa shape index (κ2) is 7.34. The Hall–Kier alpha value is -0.870. The van der Waals surface area contributed by atoms with Crippen molar-refractivity contribution in [2.75, 3.05) is 0 Å². The van der Waals surface area contributed by atoms with Crippen LogP contribution in [0.15, 0.2) is 11.6 Å². The van der Waals surface area contributed by atoms with Gasteiger partial charge in [-0.25, -0.2) is 0 Å². The van der Waals surface area contributed by atoms with E-state index in [1.165, 1.54) is 5.57 Å². The van der Waals surface area contributed by atoms with Crippen molar-refractivity contribution in [1.29, 1.82) is 0 Å². The van der Waals surface area contributed by atoms with Crippen molar-refractivity contribution in [3.05, 3.63) is 11.6 Å². The Bertz CT molecular complexity index is 907. The molecule has 3 unspecified atom stereocenters. The van der Waals surface area contributed by atoms with Crippen LogP contribution in [-0.2, 0) is 4.79 Å². The second-order valence-electron chi connectivity index (χ2n) is 14.6. The van der Waals surface area contributed by atoms with E-state index in [1.807, 2.05) is 0 Å². The van der Waals surface area contributed by atoms with Gasteiger partial charge in [-0.05, 0) is 103 Å². The summed E-state index contributed by atoms with van der Waals surface area (Å²) in [5.74, 6) is 1.30. The molecule has 0 spiro atoms. The molecule has 34 heavy (non-hydrogen) atoms. The van der Waals surface area contributed by atoms with Gasteiger partial charge in [0.1, 0.15) is 0 Å². The van der Waals surface area contributed by atoms with Crippen LogP contribution in [0.2, 0.25) is 0 Å². The van der Waals surface area contributed by atoms with Crippen LogP contribution >= 0.6 is 0 Å². The predicted octanol–water partition coefficient (Wildman–Crippen LogP) is 6.06. The highest BCUT2D eigenvalue weighted by Crippen LogP contribution is 2.75. The number of hydrogen-bond donors (Lipinski definition) is 3. The molecule has 0 aromatic rings. The smallest absolute Gasteiger partial charge is 0.310 e. The first kappa shape index (κ1) is 24.8. The SMILES string of the molecule is C[C@@H]1CC[C@]2(C(=O)O)CC[C@]3(C)C(=CCC4[C@@]5(C)C[C@H](O)[C@H](O)C(C)(C)C5CC[C@]43C)C2[C@H]1C. The van der Waals surface area contributed by atoms with Crippen LogP contribution in [0.5, 0.6) is 0 Å². The summed E-state index contributed by atoms with van der Waals surface area (Å²) in [4.78, 5) is 12.8. The van der Waals surface area contributed by atoms with Crippen molar-refractivity contribution in [3.8, 4) is 0 Å². The number of carboxylic acid groups (broad SMARTS) is 1. The number of carboxylic acids is 1. The summed E-state index contributed by atoms with van der Waals surface area (Å²) in [5, 5.41) is 32.4. The van der Waals surface area contributed by atoms with E-state index in [-0.39, 0.29) is 27.6 Å². The number of rotatable bonds is 1. The molecule has 0 aliphatic heterocycles. The molecule has 4 fully saturated rings. The van der Waals surface area contributed by atoms with Crippen molar-refractivity contribution in [3.63, 3.8) is 0 Å². The molecule has 4 nitrogen and oxygen atoms in total. The summed E-state index contributed by atoms with van der Waals surface area (Å²) >= 11 is 0. The summed E-state index contributed by atoms with van der Waals surface area (Å²) in [5.41, 5.74) is 0.574. The fourth-order valence-electron chi connectivity index (χ4n) is 11.0. The van der Waals surface area contributed by atoms with Crippen LogP contribution in [0.1, 0.15) is 99.8 Å². The van der Waals surface area contributed by atoms with E-state index in [9.17, 15) is 20.1 Å². The van der Waals surface area contributed by atoms with Crippen LogP contribution in [0.3, 0.4) is 0 Å². The normalized spacial score (nSPS) is 56.3. The first-order valence-corrected chi connectivity index (χ1v) is 14.0. The van der Waals surface area contributed by atoms with E-state index in [0.717, 1.165) is 44.9 Å². The highest BCUT2D eigenvalue weighted by atomic mass is 16.4. The monoisotopic (exact) mass is 472 g/mol. The fourth-order valence-corrected chi connectivity index (χ4v) is 11.0. The molecule has 0 saturated heterocycles. The van der Waals surface area contributed by atoms with Gasteiger partial charge in [0, 0.05) is 0 Å². The number of hydrogen-bond acceptors (Lipinski definition) is 3. The molecule has 11 atom stereocenters. The first-order chi connectivity index (χ1) is 15.7. The maximum atomic E-state index is 12.8. The van der Waals surface area contributed by atoms with Gasteiger partial charge in [0.25, 0.3) is 0 Å². The number of carbonyl (C=O) groups is 1. The molecular weight excluding hydrogens is 424 g/mol. The molecule has 3 N–H and O–H groups in total. The molecule has 0 aromatic heterocycles. The van der Waals surface area contributed by atoms with E-state index in [0.29, 0.717) is 30.1 Å². The first-order valence-electron chi connectivity index (χ1n) is 14.0. The van der Waals surface area contributed by atoms with Gasteiger partial charge in [0.15, 0.2) is 0 Å². The Morgan fingerprint density at radius 3 is 2.26 bits per heavy atom. The van der Waals surface area contributed by atoms with Gasteiger partial charge in [-0.1, -0.05) is 60.1 Å². The van der Waals surface area contributed by atoms with Crippen molar-refractivity contribution < 1.29 is 20.1 Å². The van der Waals surface area contributed by atoms with E-state index in [1.54, 1.807) is 0 Å². The number of allylic oxidation sites excluding steroid dienone is 2. The molecular formula is C30H48O4. The van der Waals surface area contributed by atoms with Gasteiger partial charge in [-0.3, -0.25) is 4.79 Å². The molecule has 0 aromatic carbocycles. The van der Waals surface area contributed by atoms with Crippen LogP contribution in [0.25, 0.3) is 0 Å². The van der Waals surface area contributed by atoms with Gasteiger partial charge in [0.05, 0.1) is 17.6 Å². The van der Waals surface area contributed by atoms with Gasteiger partial charge in [-0.15, -0.1) is 0 Å². The third-order valence-corrected chi connectivity index (χ3v) is 13.4. The highest BCUT2D eigenvalue weighted by Gasteiger charge is 2.70. The van der Waals surface area contributed by atoms with Crippen molar-refractivity contribution in [2.24, 2.45) is 56.7 Å². The van der Waals surface area contributed by atoms with Crippen LogP contribution in [0, 0.1) is 56.7 Å². The molecule has 5 aliphatic carbocycles. The zero-order valence-corrected chi connectivity index (χ0v) is 22.5. The third kappa shape index (κ3) is 2.76. The Balaban J connectivity index is 1.62. The lowest BCUT2D eigenvalue weighted by Gasteiger charge is -2.71. The average Bonchev–Trinajstić information content (AvgIpc) is 2.75. The van der Waals surface area contributed by atoms with E-state index >= 15 is 0 Å². The molecule has 5 aliphatic rings. The number of aliphatic carboxylic acids is 1. The minimum atomic E-state index is -0.679. The lowest BCUT2D eigenvalue weighted by atomic mass is 9.33. The number of aliphatic hydroxyl groups excluding tert-OH is 2. The molecule has 5 rings (SSSR count). The number of aliphatic hydroxyl groups is 2. The topological polar surface area (TPSA) is 77.8 Å². The third-order valence-electron chi connectivity index (χ3n) is 13.4. The Morgan fingerprint density at radius 2 is 1.62 bits per heavy atom. The quantitative estimate of drug-likeness (QED) is 0.405. The van der Waals surface area contributed by atoms with Gasteiger partial charge in [0.2, 0.25) is 0 Å². The average molecular weight is 473 g/mol. The summed E-state index contributed by atoms with van der Waals surface area (Å²) in [7, 11) is 0. The summed E-state index contributed by atoms with van der Waals surface area (Å²) < 4.78 is 0. The van der Waals surface area contributed by atoms with Gasteiger partial charge >= 0.3 is 5.97 Å². The van der Waals surface area contributed by atoms with Crippen LogP contribution in [0.4, 0.5) is 0 Å². The minimum Gasteiger partial charge on any atom is -0.481 e. The Kier molecular flexibility index (Phi) is 5.36.